The molecular formula is C13H16F3NO2. The van der Waals surface area contributed by atoms with Gasteiger partial charge in [0.05, 0.1) is 6.54 Å². The van der Waals surface area contributed by atoms with E-state index in [0.29, 0.717) is 6.54 Å². The van der Waals surface area contributed by atoms with Crippen molar-refractivity contribution in [3.05, 3.63) is 35.9 Å². The molecule has 1 aromatic carbocycles. The molecule has 6 heteroatoms. The Morgan fingerprint density at radius 1 is 1.26 bits per heavy atom. The highest BCUT2D eigenvalue weighted by Crippen LogP contribution is 2.14. The summed E-state index contributed by atoms with van der Waals surface area (Å²) in [6, 6.07) is 9.63. The fraction of sp³-hybridized carbons (Fsp3) is 0.462. The van der Waals surface area contributed by atoms with E-state index in [2.05, 4.69) is 4.74 Å². The molecule has 0 aliphatic carbocycles. The largest absolute Gasteiger partial charge is 0.455 e. The van der Waals surface area contributed by atoms with Crippen LogP contribution in [0.1, 0.15) is 5.56 Å². The van der Waals surface area contributed by atoms with Crippen LogP contribution in [-0.2, 0) is 16.0 Å². The van der Waals surface area contributed by atoms with Crippen molar-refractivity contribution in [1.82, 2.24) is 4.90 Å². The third kappa shape index (κ3) is 7.46. The molecule has 0 saturated heterocycles. The van der Waals surface area contributed by atoms with Crippen molar-refractivity contribution in [2.45, 2.75) is 12.6 Å². The summed E-state index contributed by atoms with van der Waals surface area (Å²) in [6.07, 6.45) is -3.75. The van der Waals surface area contributed by atoms with Gasteiger partial charge in [-0.15, -0.1) is 0 Å². The van der Waals surface area contributed by atoms with Crippen molar-refractivity contribution in [3.63, 3.8) is 0 Å². The Hall–Kier alpha value is -1.56. The molecule has 0 bridgehead atoms. The molecule has 0 aliphatic heterocycles. The van der Waals surface area contributed by atoms with Gasteiger partial charge in [0.15, 0.2) is 6.61 Å². The van der Waals surface area contributed by atoms with Crippen LogP contribution in [0, 0.1) is 0 Å². The van der Waals surface area contributed by atoms with Crippen LogP contribution in [-0.4, -0.2) is 43.8 Å². The number of alkyl halides is 3. The van der Waals surface area contributed by atoms with Gasteiger partial charge in [-0.3, -0.25) is 9.69 Å². The second-order valence-corrected chi connectivity index (χ2v) is 4.25. The number of rotatable bonds is 6. The van der Waals surface area contributed by atoms with E-state index in [0.717, 1.165) is 12.0 Å². The van der Waals surface area contributed by atoms with Gasteiger partial charge in [-0.05, 0) is 19.0 Å². The quantitative estimate of drug-likeness (QED) is 0.746. The van der Waals surface area contributed by atoms with Crippen LogP contribution < -0.4 is 0 Å². The van der Waals surface area contributed by atoms with E-state index in [1.807, 2.05) is 30.3 Å². The van der Waals surface area contributed by atoms with Crippen LogP contribution in [0.15, 0.2) is 30.3 Å². The van der Waals surface area contributed by atoms with Gasteiger partial charge >= 0.3 is 12.1 Å². The highest BCUT2D eigenvalue weighted by Gasteiger charge is 2.29. The summed E-state index contributed by atoms with van der Waals surface area (Å²) in [7, 11) is 1.66. The van der Waals surface area contributed by atoms with Gasteiger partial charge in [0.1, 0.15) is 0 Å². The van der Waals surface area contributed by atoms with Crippen LogP contribution in [0.25, 0.3) is 0 Å². The van der Waals surface area contributed by atoms with E-state index in [9.17, 15) is 18.0 Å². The minimum Gasteiger partial charge on any atom is -0.455 e. The van der Waals surface area contributed by atoms with Crippen molar-refractivity contribution in [3.8, 4) is 0 Å². The molecule has 106 valence electrons. The Balaban J connectivity index is 2.24. The normalized spacial score (nSPS) is 11.6. The van der Waals surface area contributed by atoms with Gasteiger partial charge in [0, 0.05) is 6.54 Å². The number of carbonyl (C=O) groups excluding carboxylic acids is 1. The van der Waals surface area contributed by atoms with Crippen molar-refractivity contribution < 1.29 is 22.7 Å². The molecular weight excluding hydrogens is 259 g/mol. The minimum absolute atomic E-state index is 0.150. The number of ether oxygens (including phenoxy) is 1. The molecule has 0 N–H and O–H groups in total. The highest BCUT2D eigenvalue weighted by molar-refractivity contribution is 5.71. The van der Waals surface area contributed by atoms with Crippen LogP contribution in [0.5, 0.6) is 0 Å². The minimum atomic E-state index is -4.47. The van der Waals surface area contributed by atoms with E-state index in [-0.39, 0.29) is 6.54 Å². The summed E-state index contributed by atoms with van der Waals surface area (Å²) in [5, 5.41) is 0. The number of hydrogen-bond acceptors (Lipinski definition) is 3. The lowest BCUT2D eigenvalue weighted by atomic mass is 10.1. The maximum absolute atomic E-state index is 11.8. The lowest BCUT2D eigenvalue weighted by Gasteiger charge is -2.16. The van der Waals surface area contributed by atoms with Gasteiger partial charge in [0.25, 0.3) is 0 Å². The zero-order chi connectivity index (χ0) is 14.3. The number of benzene rings is 1. The fourth-order valence-electron chi connectivity index (χ4n) is 1.47. The van der Waals surface area contributed by atoms with E-state index >= 15 is 0 Å². The zero-order valence-corrected chi connectivity index (χ0v) is 10.6. The molecule has 0 fully saturated rings. The van der Waals surface area contributed by atoms with Crippen molar-refractivity contribution in [2.24, 2.45) is 0 Å². The average Bonchev–Trinajstić information content (AvgIpc) is 2.34. The zero-order valence-electron chi connectivity index (χ0n) is 10.6. The molecule has 3 nitrogen and oxygen atoms in total. The maximum atomic E-state index is 11.8. The third-order valence-corrected chi connectivity index (χ3v) is 2.42. The number of likely N-dealkylation sites (N-methyl/N-ethyl adjacent to an activating group) is 1. The summed E-state index contributed by atoms with van der Waals surface area (Å²) >= 11 is 0. The molecule has 0 radical (unpaired) electrons. The average molecular weight is 275 g/mol. The van der Waals surface area contributed by atoms with E-state index < -0.39 is 18.8 Å². The second-order valence-electron chi connectivity index (χ2n) is 4.25. The molecule has 0 atom stereocenters. The molecule has 0 unspecified atom stereocenters. The Bertz CT molecular complexity index is 393. The number of nitrogens with zero attached hydrogens (tertiary/aromatic N) is 1. The molecule has 0 spiro atoms. The summed E-state index contributed by atoms with van der Waals surface area (Å²) in [4.78, 5) is 12.8. The van der Waals surface area contributed by atoms with Crippen molar-refractivity contribution in [2.75, 3.05) is 26.7 Å². The summed E-state index contributed by atoms with van der Waals surface area (Å²) in [5.74, 6) is -0.868. The van der Waals surface area contributed by atoms with Gasteiger partial charge in [-0.1, -0.05) is 30.3 Å². The smallest absolute Gasteiger partial charge is 0.422 e. The molecule has 1 rings (SSSR count). The molecule has 0 aromatic heterocycles. The Morgan fingerprint density at radius 2 is 1.89 bits per heavy atom. The first-order valence-electron chi connectivity index (χ1n) is 5.81. The van der Waals surface area contributed by atoms with Crippen molar-refractivity contribution >= 4 is 5.97 Å². The standard InChI is InChI=1S/C13H16F3NO2/c1-17(8-7-11-5-3-2-4-6-11)9-12(18)19-10-13(14,15)16/h2-6H,7-10H2,1H3. The van der Waals surface area contributed by atoms with Gasteiger partial charge in [0.2, 0.25) is 0 Å². The van der Waals surface area contributed by atoms with Crippen LogP contribution in [0.2, 0.25) is 0 Å². The predicted molar refractivity (Wildman–Crippen MR) is 64.7 cm³/mol. The first-order chi connectivity index (χ1) is 8.87. The molecule has 1 aromatic rings. The van der Waals surface area contributed by atoms with Crippen LogP contribution in [0.4, 0.5) is 13.2 Å². The van der Waals surface area contributed by atoms with Gasteiger partial charge in [-0.25, -0.2) is 0 Å². The Kier molecular flexibility index (Phi) is 5.82. The number of halogens is 3. The maximum Gasteiger partial charge on any atom is 0.422 e. The van der Waals surface area contributed by atoms with Gasteiger partial charge < -0.3 is 4.74 Å². The Labute approximate surface area is 110 Å². The predicted octanol–water partition coefficient (Wildman–Crippen LogP) is 2.27. The monoisotopic (exact) mass is 275 g/mol. The number of hydrogen-bond donors (Lipinski definition) is 0. The third-order valence-electron chi connectivity index (χ3n) is 2.42. The van der Waals surface area contributed by atoms with Crippen LogP contribution >= 0.6 is 0 Å². The summed E-state index contributed by atoms with van der Waals surface area (Å²) < 4.78 is 39.6. The highest BCUT2D eigenvalue weighted by atomic mass is 19.4. The molecule has 0 aliphatic rings. The topological polar surface area (TPSA) is 29.5 Å². The summed E-state index contributed by atoms with van der Waals surface area (Å²) in [5.41, 5.74) is 1.11. The van der Waals surface area contributed by atoms with E-state index in [4.69, 9.17) is 0 Å². The lowest BCUT2D eigenvalue weighted by molar-refractivity contribution is -0.186. The second kappa shape index (κ2) is 7.13. The first kappa shape index (κ1) is 15.5. The summed E-state index contributed by atoms with van der Waals surface area (Å²) in [6.45, 7) is -1.10. The molecule has 0 heterocycles. The van der Waals surface area contributed by atoms with Crippen molar-refractivity contribution in [1.29, 1.82) is 0 Å². The molecule has 0 amide bonds. The number of esters is 1. The van der Waals surface area contributed by atoms with Crippen LogP contribution in [0.3, 0.4) is 0 Å². The van der Waals surface area contributed by atoms with E-state index in [1.165, 1.54) is 0 Å². The first-order valence-corrected chi connectivity index (χ1v) is 5.81. The van der Waals surface area contributed by atoms with Gasteiger partial charge in [-0.2, -0.15) is 13.2 Å². The number of carbonyl (C=O) groups is 1. The molecule has 0 saturated carbocycles. The fourth-order valence-corrected chi connectivity index (χ4v) is 1.47. The SMILES string of the molecule is CN(CCc1ccccc1)CC(=O)OCC(F)(F)F. The molecule has 19 heavy (non-hydrogen) atoms. The Morgan fingerprint density at radius 3 is 2.47 bits per heavy atom. The van der Waals surface area contributed by atoms with E-state index in [1.54, 1.807) is 11.9 Å². The lowest BCUT2D eigenvalue weighted by Crippen LogP contribution is -2.31.